The molecule has 7 nitrogen and oxygen atoms in total. The van der Waals surface area contributed by atoms with Crippen LogP contribution in [0, 0.1) is 12.7 Å². The predicted molar refractivity (Wildman–Crippen MR) is 139 cm³/mol. The van der Waals surface area contributed by atoms with Gasteiger partial charge in [0.05, 0.1) is 6.20 Å². The molecule has 34 heavy (non-hydrogen) atoms. The minimum atomic E-state index is -0.429. The Labute approximate surface area is 203 Å². The maximum Gasteiger partial charge on any atom is 0.229 e. The molecule has 0 unspecified atom stereocenters. The summed E-state index contributed by atoms with van der Waals surface area (Å²) in [6, 6.07) is 6.43. The second kappa shape index (κ2) is 9.30. The van der Waals surface area contributed by atoms with Crippen LogP contribution in [-0.2, 0) is 0 Å². The molecule has 0 amide bonds. The summed E-state index contributed by atoms with van der Waals surface area (Å²) in [6.45, 7) is 15.3. The minimum Gasteiger partial charge on any atom is -0.369 e. The number of anilines is 4. The fraction of sp³-hybridized carbons (Fsp3) is 0.615. The van der Waals surface area contributed by atoms with E-state index in [-0.39, 0.29) is 22.9 Å². The molecule has 0 atom stereocenters. The number of piperidine rings is 1. The molecular formula is C26H40FN7. The summed E-state index contributed by atoms with van der Waals surface area (Å²) >= 11 is 0. The Hall–Kier alpha value is -2.45. The number of nitrogens with one attached hydrogen (secondary N) is 2. The monoisotopic (exact) mass is 469 g/mol. The van der Waals surface area contributed by atoms with E-state index >= 15 is 0 Å². The first kappa shape index (κ1) is 24.7. The highest BCUT2D eigenvalue weighted by Gasteiger charge is 2.43. The Kier molecular flexibility index (Phi) is 6.75. The van der Waals surface area contributed by atoms with Crippen molar-refractivity contribution in [3.63, 3.8) is 0 Å². The van der Waals surface area contributed by atoms with E-state index in [1.54, 1.807) is 0 Å². The summed E-state index contributed by atoms with van der Waals surface area (Å²) in [7, 11) is 4.33. The first-order valence-corrected chi connectivity index (χ1v) is 12.3. The van der Waals surface area contributed by atoms with Crippen LogP contribution in [0.1, 0.15) is 46.1 Å². The van der Waals surface area contributed by atoms with Gasteiger partial charge < -0.3 is 20.4 Å². The molecule has 4 rings (SSSR count). The third-order valence-electron chi connectivity index (χ3n) is 7.69. The summed E-state index contributed by atoms with van der Waals surface area (Å²) in [6.07, 6.45) is 3.06. The average molecular weight is 470 g/mol. The van der Waals surface area contributed by atoms with Crippen LogP contribution in [0.4, 0.5) is 27.5 Å². The molecule has 1 aromatic heterocycles. The van der Waals surface area contributed by atoms with E-state index < -0.39 is 5.82 Å². The normalized spacial score (nSPS) is 21.5. The third kappa shape index (κ3) is 5.28. The molecule has 2 N–H and O–H groups in total. The molecule has 2 fully saturated rings. The van der Waals surface area contributed by atoms with Gasteiger partial charge in [0.1, 0.15) is 0 Å². The molecular weight excluding hydrogens is 429 g/mol. The highest BCUT2D eigenvalue weighted by atomic mass is 19.1. The Morgan fingerprint density at radius 2 is 1.65 bits per heavy atom. The van der Waals surface area contributed by atoms with Crippen molar-refractivity contribution in [1.82, 2.24) is 19.8 Å². The molecule has 2 aliphatic heterocycles. The molecule has 1 aromatic carbocycles. The van der Waals surface area contributed by atoms with Crippen molar-refractivity contribution >= 4 is 23.1 Å². The van der Waals surface area contributed by atoms with Gasteiger partial charge >= 0.3 is 0 Å². The minimum absolute atomic E-state index is 0.00699. The van der Waals surface area contributed by atoms with Crippen LogP contribution >= 0.6 is 0 Å². The molecule has 0 saturated carbocycles. The molecule has 2 aliphatic rings. The molecule has 8 heteroatoms. The van der Waals surface area contributed by atoms with E-state index in [0.29, 0.717) is 5.95 Å². The van der Waals surface area contributed by atoms with E-state index in [4.69, 9.17) is 0 Å². The van der Waals surface area contributed by atoms with Gasteiger partial charge in [-0.2, -0.15) is 4.98 Å². The van der Waals surface area contributed by atoms with Gasteiger partial charge in [0.15, 0.2) is 11.6 Å². The Morgan fingerprint density at radius 1 is 1.00 bits per heavy atom. The zero-order valence-corrected chi connectivity index (χ0v) is 21.7. The molecule has 3 heterocycles. The third-order valence-corrected chi connectivity index (χ3v) is 7.69. The largest absolute Gasteiger partial charge is 0.369 e. The van der Waals surface area contributed by atoms with Crippen LogP contribution < -0.4 is 15.5 Å². The fourth-order valence-electron chi connectivity index (χ4n) is 5.46. The molecule has 0 bridgehead atoms. The summed E-state index contributed by atoms with van der Waals surface area (Å²) in [5, 5.41) is 6.63. The van der Waals surface area contributed by atoms with E-state index in [0.717, 1.165) is 44.7 Å². The number of piperazine rings is 1. The van der Waals surface area contributed by atoms with Crippen LogP contribution in [0.3, 0.4) is 0 Å². The maximum atomic E-state index is 14.6. The second-order valence-corrected chi connectivity index (χ2v) is 11.2. The summed E-state index contributed by atoms with van der Waals surface area (Å²) in [5.41, 5.74) is 3.37. The molecule has 0 radical (unpaired) electrons. The highest BCUT2D eigenvalue weighted by Crippen LogP contribution is 2.38. The van der Waals surface area contributed by atoms with Crippen LogP contribution in [0.15, 0.2) is 24.4 Å². The van der Waals surface area contributed by atoms with Crippen molar-refractivity contribution in [2.45, 2.75) is 64.6 Å². The first-order chi connectivity index (χ1) is 15.9. The van der Waals surface area contributed by atoms with Crippen LogP contribution in [0.2, 0.25) is 0 Å². The number of nitrogens with zero attached hydrogens (tertiary/aromatic N) is 5. The molecule has 186 valence electrons. The van der Waals surface area contributed by atoms with E-state index in [1.807, 2.05) is 6.07 Å². The fourth-order valence-corrected chi connectivity index (χ4v) is 5.46. The van der Waals surface area contributed by atoms with Gasteiger partial charge in [-0.15, -0.1) is 0 Å². The number of likely N-dealkylation sites (tertiary alicyclic amines) is 1. The highest BCUT2D eigenvalue weighted by molar-refractivity contribution is 5.64. The molecule has 0 spiro atoms. The Morgan fingerprint density at radius 3 is 2.26 bits per heavy atom. The van der Waals surface area contributed by atoms with Crippen molar-refractivity contribution in [3.05, 3.63) is 35.8 Å². The van der Waals surface area contributed by atoms with Gasteiger partial charge in [-0.1, -0.05) is 0 Å². The SMILES string of the molecule is Cc1cc(Nc2ncc(F)c(NC3CC(C)(C)N(C)C(C)(C)C3)n2)ccc1N1CCN(C)CC1. The lowest BCUT2D eigenvalue weighted by Crippen LogP contribution is -2.61. The summed E-state index contributed by atoms with van der Waals surface area (Å²) in [4.78, 5) is 15.9. The number of aryl methyl sites for hydroxylation is 1. The van der Waals surface area contributed by atoms with Crippen molar-refractivity contribution in [1.29, 1.82) is 0 Å². The van der Waals surface area contributed by atoms with Crippen molar-refractivity contribution < 1.29 is 4.39 Å². The summed E-state index contributed by atoms with van der Waals surface area (Å²) < 4.78 is 14.6. The lowest BCUT2D eigenvalue weighted by molar-refractivity contribution is -0.00778. The van der Waals surface area contributed by atoms with Gasteiger partial charge in [0.25, 0.3) is 0 Å². The molecule has 2 saturated heterocycles. The number of halogens is 1. The van der Waals surface area contributed by atoms with Gasteiger partial charge in [0, 0.05) is 54.7 Å². The maximum absolute atomic E-state index is 14.6. The number of rotatable bonds is 5. The number of hydrogen-bond donors (Lipinski definition) is 2. The Balaban J connectivity index is 1.47. The molecule has 0 aliphatic carbocycles. The number of likely N-dealkylation sites (N-methyl/N-ethyl adjacent to an activating group) is 1. The average Bonchev–Trinajstić information content (AvgIpc) is 2.75. The lowest BCUT2D eigenvalue weighted by atomic mass is 9.77. The first-order valence-electron chi connectivity index (χ1n) is 12.3. The van der Waals surface area contributed by atoms with Gasteiger partial charge in [-0.25, -0.2) is 9.37 Å². The number of aromatic nitrogens is 2. The van der Waals surface area contributed by atoms with Crippen molar-refractivity contribution in [3.8, 4) is 0 Å². The standard InChI is InChI=1S/C26H40FN7/c1-18-14-19(8-9-22(18)34-12-10-32(6)11-13-34)30-24-28-17-21(27)23(31-24)29-20-15-25(2,3)33(7)26(4,5)16-20/h8-9,14,17,20H,10-13,15-16H2,1-7H3,(H2,28,29,30,31). The van der Waals surface area contributed by atoms with E-state index in [2.05, 4.69) is 96.1 Å². The number of benzene rings is 1. The second-order valence-electron chi connectivity index (χ2n) is 11.2. The van der Waals surface area contributed by atoms with Crippen LogP contribution in [0.5, 0.6) is 0 Å². The van der Waals surface area contributed by atoms with Crippen molar-refractivity contribution in [2.75, 3.05) is 55.8 Å². The zero-order valence-electron chi connectivity index (χ0n) is 21.7. The predicted octanol–water partition coefficient (Wildman–Crippen LogP) is 4.48. The van der Waals surface area contributed by atoms with Gasteiger partial charge in [-0.3, -0.25) is 4.90 Å². The van der Waals surface area contributed by atoms with Crippen LogP contribution in [-0.4, -0.2) is 77.2 Å². The topological polar surface area (TPSA) is 59.6 Å². The van der Waals surface area contributed by atoms with Gasteiger partial charge in [0.2, 0.25) is 5.95 Å². The van der Waals surface area contributed by atoms with E-state index in [9.17, 15) is 4.39 Å². The van der Waals surface area contributed by atoms with Gasteiger partial charge in [-0.05, 0) is 85.3 Å². The zero-order chi connectivity index (χ0) is 24.7. The number of hydrogen-bond acceptors (Lipinski definition) is 7. The Bertz CT molecular complexity index is 996. The quantitative estimate of drug-likeness (QED) is 0.669. The van der Waals surface area contributed by atoms with Crippen LogP contribution in [0.25, 0.3) is 0 Å². The van der Waals surface area contributed by atoms with E-state index in [1.165, 1.54) is 17.4 Å². The van der Waals surface area contributed by atoms with Crippen molar-refractivity contribution in [2.24, 2.45) is 0 Å². The lowest BCUT2D eigenvalue weighted by Gasteiger charge is -2.53. The molecule has 2 aromatic rings. The summed E-state index contributed by atoms with van der Waals surface area (Å²) in [5.74, 6) is 0.216. The smallest absolute Gasteiger partial charge is 0.229 e.